The van der Waals surface area contributed by atoms with Crippen molar-refractivity contribution in [1.29, 1.82) is 0 Å². The Labute approximate surface area is 166 Å². The zero-order valence-electron chi connectivity index (χ0n) is 15.7. The van der Waals surface area contributed by atoms with Crippen molar-refractivity contribution in [3.8, 4) is 0 Å². The maximum Gasteiger partial charge on any atom is 0.509 e. The topological polar surface area (TPSA) is 38.8 Å². The zero-order chi connectivity index (χ0) is 18.9. The van der Waals surface area contributed by atoms with Gasteiger partial charge in [0, 0.05) is 17.7 Å². The maximum absolute atomic E-state index is 13.8. The molecule has 2 rings (SSSR count). The minimum absolute atomic E-state index is 0. The first kappa shape index (κ1) is 22.7. The molecule has 4 nitrogen and oxygen atoms in total. The molecule has 0 spiro atoms. The van der Waals surface area contributed by atoms with Gasteiger partial charge in [-0.1, -0.05) is 48.5 Å². The van der Waals surface area contributed by atoms with Gasteiger partial charge in [0.25, 0.3) is 0 Å². The van der Waals surface area contributed by atoms with Crippen LogP contribution < -0.4 is 0 Å². The van der Waals surface area contributed by atoms with Crippen LogP contribution in [0.15, 0.2) is 60.7 Å². The van der Waals surface area contributed by atoms with Crippen molar-refractivity contribution in [3.63, 3.8) is 0 Å². The molecule has 0 aliphatic heterocycles. The average molecular weight is 394 g/mol. The highest BCUT2D eigenvalue weighted by molar-refractivity contribution is 5.85. The Balaban J connectivity index is 0.00000364. The zero-order valence-corrected chi connectivity index (χ0v) is 16.5. The molecule has 1 atom stereocenters. The van der Waals surface area contributed by atoms with E-state index in [0.29, 0.717) is 12.1 Å². The molecular weight excluding hydrogens is 369 g/mol. The number of carbonyl (C=O) groups is 1. The summed E-state index contributed by atoms with van der Waals surface area (Å²) < 4.78 is 24.3. The summed E-state index contributed by atoms with van der Waals surface area (Å²) >= 11 is 0. The predicted molar refractivity (Wildman–Crippen MR) is 107 cm³/mol. The van der Waals surface area contributed by atoms with Crippen molar-refractivity contribution in [2.75, 3.05) is 27.2 Å². The molecule has 6 heteroatoms. The summed E-state index contributed by atoms with van der Waals surface area (Å²) in [4.78, 5) is 14.0. The van der Waals surface area contributed by atoms with E-state index in [2.05, 4.69) is 0 Å². The number of halogens is 2. The number of rotatable bonds is 7. The SMILES string of the molecule is CCOC(=O)OC(C(=CCN(C)C)c1ccccc1)c1cccc(F)c1.Cl. The van der Waals surface area contributed by atoms with E-state index in [1.165, 1.54) is 12.1 Å². The first-order chi connectivity index (χ1) is 12.5. The van der Waals surface area contributed by atoms with Gasteiger partial charge in [0.05, 0.1) is 6.61 Å². The molecule has 0 N–H and O–H groups in total. The van der Waals surface area contributed by atoms with E-state index in [4.69, 9.17) is 9.47 Å². The van der Waals surface area contributed by atoms with E-state index in [-0.39, 0.29) is 24.8 Å². The Bertz CT molecular complexity index is 750. The van der Waals surface area contributed by atoms with E-state index >= 15 is 0 Å². The lowest BCUT2D eigenvalue weighted by atomic mass is 9.94. The van der Waals surface area contributed by atoms with Crippen LogP contribution in [0.25, 0.3) is 5.57 Å². The van der Waals surface area contributed by atoms with Crippen molar-refractivity contribution >= 4 is 24.1 Å². The molecule has 0 fully saturated rings. The molecule has 0 aromatic heterocycles. The van der Waals surface area contributed by atoms with Gasteiger partial charge in [-0.05, 0) is 38.7 Å². The van der Waals surface area contributed by atoms with Crippen molar-refractivity contribution in [2.24, 2.45) is 0 Å². The van der Waals surface area contributed by atoms with Gasteiger partial charge in [0.1, 0.15) is 5.82 Å². The number of hydrogen-bond acceptors (Lipinski definition) is 4. The quantitative estimate of drug-likeness (QED) is 0.613. The summed E-state index contributed by atoms with van der Waals surface area (Å²) in [6.45, 7) is 2.55. The van der Waals surface area contributed by atoms with Gasteiger partial charge >= 0.3 is 6.16 Å². The minimum atomic E-state index is -0.784. The highest BCUT2D eigenvalue weighted by Crippen LogP contribution is 2.34. The van der Waals surface area contributed by atoms with Gasteiger partial charge in [-0.25, -0.2) is 9.18 Å². The fourth-order valence-electron chi connectivity index (χ4n) is 2.52. The number of nitrogens with zero attached hydrogens (tertiary/aromatic N) is 1. The van der Waals surface area contributed by atoms with Crippen LogP contribution in [-0.4, -0.2) is 38.3 Å². The monoisotopic (exact) mass is 393 g/mol. The predicted octanol–water partition coefficient (Wildman–Crippen LogP) is 5.11. The average Bonchev–Trinajstić information content (AvgIpc) is 2.62. The number of hydrogen-bond donors (Lipinski definition) is 0. The summed E-state index contributed by atoms with van der Waals surface area (Å²) in [5.41, 5.74) is 2.22. The molecule has 27 heavy (non-hydrogen) atoms. The van der Waals surface area contributed by atoms with E-state index in [9.17, 15) is 9.18 Å². The van der Waals surface area contributed by atoms with Gasteiger partial charge in [-0.3, -0.25) is 0 Å². The lowest BCUT2D eigenvalue weighted by molar-refractivity contribution is 0.0426. The molecule has 1 unspecified atom stereocenters. The van der Waals surface area contributed by atoms with Gasteiger partial charge in [0.2, 0.25) is 0 Å². The highest BCUT2D eigenvalue weighted by Gasteiger charge is 2.24. The third-order valence-corrected chi connectivity index (χ3v) is 3.69. The molecule has 0 bridgehead atoms. The first-order valence-corrected chi connectivity index (χ1v) is 8.50. The van der Waals surface area contributed by atoms with Crippen molar-refractivity contribution in [3.05, 3.63) is 77.6 Å². The van der Waals surface area contributed by atoms with Gasteiger partial charge < -0.3 is 14.4 Å². The first-order valence-electron chi connectivity index (χ1n) is 8.50. The fraction of sp³-hybridized carbons (Fsp3) is 0.286. The fourth-order valence-corrected chi connectivity index (χ4v) is 2.52. The summed E-state index contributed by atoms with van der Waals surface area (Å²) in [6.07, 6.45) is 0.421. The van der Waals surface area contributed by atoms with Crippen LogP contribution in [0, 0.1) is 5.82 Å². The summed E-state index contributed by atoms with van der Waals surface area (Å²) in [6, 6.07) is 15.7. The smallest absolute Gasteiger partial charge is 0.435 e. The van der Waals surface area contributed by atoms with E-state index in [0.717, 1.165) is 11.1 Å². The summed E-state index contributed by atoms with van der Waals surface area (Å²) in [5, 5.41) is 0. The Morgan fingerprint density at radius 3 is 2.44 bits per heavy atom. The summed E-state index contributed by atoms with van der Waals surface area (Å²) in [5.74, 6) is -0.389. The second-order valence-electron chi connectivity index (χ2n) is 6.02. The Morgan fingerprint density at radius 1 is 1.15 bits per heavy atom. The van der Waals surface area contributed by atoms with E-state index in [1.54, 1.807) is 19.1 Å². The third-order valence-electron chi connectivity index (χ3n) is 3.69. The van der Waals surface area contributed by atoms with Crippen LogP contribution in [0.5, 0.6) is 0 Å². The van der Waals surface area contributed by atoms with Gasteiger partial charge in [-0.2, -0.15) is 0 Å². The molecule has 2 aromatic carbocycles. The van der Waals surface area contributed by atoms with E-state index in [1.807, 2.05) is 55.4 Å². The molecule has 0 radical (unpaired) electrons. The van der Waals surface area contributed by atoms with Gasteiger partial charge in [0.15, 0.2) is 6.10 Å². The maximum atomic E-state index is 13.8. The highest BCUT2D eigenvalue weighted by atomic mass is 35.5. The second-order valence-corrected chi connectivity index (χ2v) is 6.02. The third kappa shape index (κ3) is 7.04. The molecule has 0 aliphatic carbocycles. The molecule has 0 amide bonds. The van der Waals surface area contributed by atoms with Crippen LogP contribution in [0.3, 0.4) is 0 Å². The molecule has 0 saturated heterocycles. The normalized spacial score (nSPS) is 12.3. The van der Waals surface area contributed by atoms with Crippen LogP contribution >= 0.6 is 12.4 Å². The molecule has 0 heterocycles. The largest absolute Gasteiger partial charge is 0.509 e. The molecule has 0 saturated carbocycles. The Morgan fingerprint density at radius 2 is 1.85 bits per heavy atom. The van der Waals surface area contributed by atoms with Crippen LogP contribution in [0.1, 0.15) is 24.2 Å². The number of likely N-dealkylation sites (N-methyl/N-ethyl adjacent to an activating group) is 1. The molecule has 146 valence electrons. The second kappa shape index (κ2) is 11.4. The number of ether oxygens (including phenoxy) is 2. The minimum Gasteiger partial charge on any atom is -0.435 e. The lowest BCUT2D eigenvalue weighted by Gasteiger charge is -2.22. The molecular formula is C21H25ClFNO3. The lowest BCUT2D eigenvalue weighted by Crippen LogP contribution is -2.17. The van der Waals surface area contributed by atoms with Crippen LogP contribution in [0.2, 0.25) is 0 Å². The van der Waals surface area contributed by atoms with E-state index < -0.39 is 12.3 Å². The molecule has 0 aliphatic rings. The number of benzene rings is 2. The standard InChI is InChI=1S/C21H24FNO3.ClH/c1-4-25-21(24)26-20(17-11-8-12-18(22)15-17)19(13-14-23(2)3)16-9-6-5-7-10-16;/h5-13,15,20H,4,14H2,1-3H3;1H. The van der Waals surface area contributed by atoms with Crippen molar-refractivity contribution in [2.45, 2.75) is 13.0 Å². The van der Waals surface area contributed by atoms with Crippen molar-refractivity contribution < 1.29 is 18.7 Å². The Hall–Kier alpha value is -2.37. The molecule has 2 aromatic rings. The van der Waals surface area contributed by atoms with Crippen LogP contribution in [-0.2, 0) is 9.47 Å². The van der Waals surface area contributed by atoms with Crippen LogP contribution in [0.4, 0.5) is 9.18 Å². The summed E-state index contributed by atoms with van der Waals surface area (Å²) in [7, 11) is 3.89. The number of carbonyl (C=O) groups excluding carboxylic acids is 1. The van der Waals surface area contributed by atoms with Crippen molar-refractivity contribution in [1.82, 2.24) is 4.90 Å². The van der Waals surface area contributed by atoms with Gasteiger partial charge in [-0.15, -0.1) is 12.4 Å². The Kier molecular flexibility index (Phi) is 9.54.